The Hall–Kier alpha value is -0.820. The van der Waals surface area contributed by atoms with E-state index in [0.717, 1.165) is 25.5 Å². The van der Waals surface area contributed by atoms with Crippen LogP contribution in [-0.4, -0.2) is 38.3 Å². The van der Waals surface area contributed by atoms with Crippen LogP contribution in [-0.2, 0) is 11.2 Å². The zero-order valence-corrected chi connectivity index (χ0v) is 16.5. The molecule has 4 aliphatic rings. The van der Waals surface area contributed by atoms with E-state index in [1.54, 1.807) is 0 Å². The molecule has 1 aromatic carbocycles. The molecule has 2 aliphatic carbocycles. The molecule has 3 atom stereocenters. The van der Waals surface area contributed by atoms with E-state index in [2.05, 4.69) is 39.5 Å². The van der Waals surface area contributed by atoms with Gasteiger partial charge in [-0.15, -0.1) is 24.0 Å². The van der Waals surface area contributed by atoms with Gasteiger partial charge in [-0.3, -0.25) is 4.99 Å². The third-order valence-corrected chi connectivity index (χ3v) is 6.68. The van der Waals surface area contributed by atoms with Crippen molar-refractivity contribution in [2.24, 2.45) is 16.3 Å². The highest BCUT2D eigenvalue weighted by Gasteiger charge is 2.66. The molecule has 5 rings (SSSR count). The summed E-state index contributed by atoms with van der Waals surface area (Å²) in [7, 11) is 1.91. The molecule has 24 heavy (non-hydrogen) atoms. The Bertz CT molecular complexity index is 658. The number of fused-ring (bicyclic) bond motifs is 3. The monoisotopic (exact) mass is 439 g/mol. The highest BCUT2D eigenvalue weighted by Crippen LogP contribution is 2.62. The molecule has 1 aromatic rings. The highest BCUT2D eigenvalue weighted by molar-refractivity contribution is 14.0. The van der Waals surface area contributed by atoms with Crippen LogP contribution in [0.2, 0.25) is 0 Å². The maximum absolute atomic E-state index is 6.04. The summed E-state index contributed by atoms with van der Waals surface area (Å²) < 4.78 is 6.04. The van der Waals surface area contributed by atoms with Crippen molar-refractivity contribution in [3.05, 3.63) is 29.8 Å². The lowest BCUT2D eigenvalue weighted by Crippen LogP contribution is -2.72. The van der Waals surface area contributed by atoms with E-state index in [9.17, 15) is 0 Å². The second-order valence-electron chi connectivity index (χ2n) is 7.53. The Morgan fingerprint density at radius 1 is 1.33 bits per heavy atom. The van der Waals surface area contributed by atoms with Gasteiger partial charge in [0, 0.05) is 43.3 Å². The fraction of sp³-hybridized carbons (Fsp3) is 0.632. The summed E-state index contributed by atoms with van der Waals surface area (Å²) in [4.78, 5) is 6.99. The summed E-state index contributed by atoms with van der Waals surface area (Å²) in [5.41, 5.74) is 3.15. The van der Waals surface area contributed by atoms with Gasteiger partial charge in [-0.25, -0.2) is 0 Å². The molecule has 1 spiro atoms. The number of rotatable bonds is 1. The van der Waals surface area contributed by atoms with Crippen molar-refractivity contribution in [2.45, 2.75) is 44.2 Å². The molecule has 0 amide bonds. The lowest BCUT2D eigenvalue weighted by atomic mass is 9.46. The second kappa shape index (κ2) is 6.16. The number of nitrogens with one attached hydrogen (secondary N) is 1. The van der Waals surface area contributed by atoms with E-state index >= 15 is 0 Å². The number of ether oxygens (including phenoxy) is 1. The van der Waals surface area contributed by atoms with Gasteiger partial charge in [0.2, 0.25) is 0 Å². The fourth-order valence-corrected chi connectivity index (χ4v) is 5.42. The standard InChI is InChI=1S/C19H25N3O.HI/c1-20-18(22-11-7-13-5-2-3-6-15(13)22)21-16-14-8-12-23-17(14)19(16)9-4-10-19;/h2-3,5-6,14,16-17H,4,7-12H2,1H3,(H,20,21);1H. The maximum Gasteiger partial charge on any atom is 0.198 e. The summed E-state index contributed by atoms with van der Waals surface area (Å²) in [6, 6.07) is 9.27. The average Bonchev–Trinajstić information content (AvgIpc) is 3.13. The fourth-order valence-electron chi connectivity index (χ4n) is 5.42. The quantitative estimate of drug-likeness (QED) is 0.415. The van der Waals surface area contributed by atoms with Gasteiger partial charge in [-0.2, -0.15) is 0 Å². The number of hydrogen-bond donors (Lipinski definition) is 1. The van der Waals surface area contributed by atoms with Crippen molar-refractivity contribution in [2.75, 3.05) is 25.1 Å². The van der Waals surface area contributed by atoms with Gasteiger partial charge < -0.3 is 15.0 Å². The molecule has 4 nitrogen and oxygen atoms in total. The summed E-state index contributed by atoms with van der Waals surface area (Å²) in [6.45, 7) is 1.98. The average molecular weight is 439 g/mol. The molecule has 0 radical (unpaired) electrons. The van der Waals surface area contributed by atoms with Crippen LogP contribution in [0, 0.1) is 11.3 Å². The molecule has 130 valence electrons. The van der Waals surface area contributed by atoms with E-state index in [1.807, 2.05) is 7.05 Å². The van der Waals surface area contributed by atoms with Gasteiger partial charge in [0.15, 0.2) is 5.96 Å². The molecular weight excluding hydrogens is 413 g/mol. The summed E-state index contributed by atoms with van der Waals surface area (Å²) in [5, 5.41) is 3.85. The number of anilines is 1. The van der Waals surface area contributed by atoms with E-state index in [0.29, 0.717) is 23.5 Å². The number of hydrogen-bond acceptors (Lipinski definition) is 2. The minimum atomic E-state index is 0. The van der Waals surface area contributed by atoms with Crippen molar-refractivity contribution in [3.8, 4) is 0 Å². The molecule has 0 aromatic heterocycles. The van der Waals surface area contributed by atoms with Crippen LogP contribution >= 0.6 is 24.0 Å². The second-order valence-corrected chi connectivity index (χ2v) is 7.53. The number of halogens is 1. The molecule has 2 heterocycles. The Labute approximate surface area is 161 Å². The number of aliphatic imine (C=N–C) groups is 1. The number of guanidine groups is 1. The molecule has 3 unspecified atom stereocenters. The van der Waals surface area contributed by atoms with E-state index in [1.165, 1.54) is 36.9 Å². The zero-order valence-electron chi connectivity index (χ0n) is 14.2. The zero-order chi connectivity index (χ0) is 15.4. The molecule has 0 bridgehead atoms. The summed E-state index contributed by atoms with van der Waals surface area (Å²) >= 11 is 0. The molecule has 2 aliphatic heterocycles. The Morgan fingerprint density at radius 3 is 2.92 bits per heavy atom. The predicted octanol–water partition coefficient (Wildman–Crippen LogP) is 3.20. The lowest BCUT2D eigenvalue weighted by molar-refractivity contribution is -0.171. The van der Waals surface area contributed by atoms with E-state index < -0.39 is 0 Å². The maximum atomic E-state index is 6.04. The normalized spacial score (nSPS) is 32.5. The first-order valence-electron chi connectivity index (χ1n) is 9.04. The van der Waals surface area contributed by atoms with Gasteiger partial charge in [-0.1, -0.05) is 24.6 Å². The van der Waals surface area contributed by atoms with Crippen LogP contribution in [0.5, 0.6) is 0 Å². The third kappa shape index (κ3) is 2.16. The highest BCUT2D eigenvalue weighted by atomic mass is 127. The number of para-hydroxylation sites is 1. The minimum absolute atomic E-state index is 0. The van der Waals surface area contributed by atoms with Crippen molar-refractivity contribution >= 4 is 35.6 Å². The van der Waals surface area contributed by atoms with Crippen LogP contribution < -0.4 is 10.2 Å². The molecule has 3 fully saturated rings. The minimum Gasteiger partial charge on any atom is -0.377 e. The smallest absolute Gasteiger partial charge is 0.198 e. The topological polar surface area (TPSA) is 36.9 Å². The van der Waals surface area contributed by atoms with Gasteiger partial charge in [0.1, 0.15) is 0 Å². The van der Waals surface area contributed by atoms with Crippen molar-refractivity contribution in [1.29, 1.82) is 0 Å². The molecule has 1 N–H and O–H groups in total. The Kier molecular flexibility index (Phi) is 4.27. The Balaban J connectivity index is 0.00000146. The summed E-state index contributed by atoms with van der Waals surface area (Å²) in [6.07, 6.45) is 6.83. The van der Waals surface area contributed by atoms with Crippen LogP contribution in [0.1, 0.15) is 31.2 Å². The Morgan fingerprint density at radius 2 is 2.17 bits per heavy atom. The van der Waals surface area contributed by atoms with Crippen LogP contribution in [0.25, 0.3) is 0 Å². The molecule has 5 heteroatoms. The van der Waals surface area contributed by atoms with E-state index in [-0.39, 0.29) is 24.0 Å². The first-order chi connectivity index (χ1) is 11.3. The van der Waals surface area contributed by atoms with Gasteiger partial charge >= 0.3 is 0 Å². The van der Waals surface area contributed by atoms with Gasteiger partial charge in [0.05, 0.1) is 6.10 Å². The van der Waals surface area contributed by atoms with Crippen LogP contribution in [0.4, 0.5) is 5.69 Å². The first-order valence-corrected chi connectivity index (χ1v) is 9.04. The number of nitrogens with zero attached hydrogens (tertiary/aromatic N) is 2. The number of benzene rings is 1. The summed E-state index contributed by atoms with van der Waals surface area (Å²) in [5.74, 6) is 1.74. The van der Waals surface area contributed by atoms with Crippen LogP contribution in [0.15, 0.2) is 29.3 Å². The third-order valence-electron chi connectivity index (χ3n) is 6.68. The van der Waals surface area contributed by atoms with Gasteiger partial charge in [0.25, 0.3) is 0 Å². The predicted molar refractivity (Wildman–Crippen MR) is 107 cm³/mol. The largest absolute Gasteiger partial charge is 0.377 e. The molecule has 1 saturated heterocycles. The van der Waals surface area contributed by atoms with Crippen LogP contribution in [0.3, 0.4) is 0 Å². The van der Waals surface area contributed by atoms with Gasteiger partial charge in [-0.05, 0) is 37.3 Å². The van der Waals surface area contributed by atoms with Crippen molar-refractivity contribution in [1.82, 2.24) is 5.32 Å². The SMILES string of the molecule is CN=C(NC1C2CCOC2C12CCC2)N1CCc2ccccc21.I. The first kappa shape index (κ1) is 16.6. The van der Waals surface area contributed by atoms with Crippen molar-refractivity contribution in [3.63, 3.8) is 0 Å². The van der Waals surface area contributed by atoms with Crippen molar-refractivity contribution < 1.29 is 4.74 Å². The molecule has 2 saturated carbocycles. The molecular formula is C19H26IN3O. The van der Waals surface area contributed by atoms with E-state index in [4.69, 9.17) is 4.74 Å². The lowest BCUT2D eigenvalue weighted by Gasteiger charge is -2.63.